The summed E-state index contributed by atoms with van der Waals surface area (Å²) in [6, 6.07) is 2.31. The molecule has 0 saturated heterocycles. The molecule has 0 bridgehead atoms. The molecule has 0 amide bonds. The molecular formula is C12H18F3N3. The topological polar surface area (TPSA) is 28.2 Å². The molecule has 0 radical (unpaired) electrons. The summed E-state index contributed by atoms with van der Waals surface area (Å²) in [5.41, 5.74) is -1.00. The summed E-state index contributed by atoms with van der Waals surface area (Å²) in [6.45, 7) is 4.26. The summed E-state index contributed by atoms with van der Waals surface area (Å²) >= 11 is 0. The van der Waals surface area contributed by atoms with E-state index in [0.29, 0.717) is 6.54 Å². The largest absolute Gasteiger partial charge is 0.419 e. The molecule has 0 fully saturated rings. The van der Waals surface area contributed by atoms with Crippen molar-refractivity contribution in [2.24, 2.45) is 0 Å². The quantitative estimate of drug-likeness (QED) is 0.903. The highest BCUT2D eigenvalue weighted by Crippen LogP contribution is 2.33. The highest BCUT2D eigenvalue weighted by Gasteiger charge is 2.34. The third kappa shape index (κ3) is 3.60. The molecule has 1 aromatic heterocycles. The Morgan fingerprint density at radius 1 is 1.28 bits per heavy atom. The molecule has 0 aliphatic carbocycles. The number of nitrogens with one attached hydrogen (secondary N) is 1. The van der Waals surface area contributed by atoms with Gasteiger partial charge in [0.2, 0.25) is 0 Å². The number of likely N-dealkylation sites (N-methyl/N-ethyl adjacent to an activating group) is 1. The second-order valence-corrected chi connectivity index (χ2v) is 4.96. The van der Waals surface area contributed by atoms with Gasteiger partial charge in [0.15, 0.2) is 0 Å². The number of hydrogen-bond donors (Lipinski definition) is 1. The normalized spacial score (nSPS) is 12.9. The lowest BCUT2D eigenvalue weighted by Gasteiger charge is -2.33. The number of hydrogen-bond acceptors (Lipinski definition) is 3. The van der Waals surface area contributed by atoms with Crippen molar-refractivity contribution >= 4 is 5.82 Å². The maximum absolute atomic E-state index is 12.7. The number of alkyl halides is 3. The van der Waals surface area contributed by atoms with Crippen molar-refractivity contribution in [3.8, 4) is 0 Å². The maximum atomic E-state index is 12.7. The highest BCUT2D eigenvalue weighted by molar-refractivity contribution is 5.45. The van der Waals surface area contributed by atoms with Crippen molar-refractivity contribution in [2.75, 3.05) is 26.0 Å². The number of rotatable bonds is 4. The minimum atomic E-state index is -4.39. The minimum Gasteiger partial charge on any atom is -0.368 e. The Labute approximate surface area is 105 Å². The van der Waals surface area contributed by atoms with Crippen LogP contribution in [0.15, 0.2) is 18.3 Å². The molecule has 0 atom stereocenters. The Balaban J connectivity index is 2.86. The monoisotopic (exact) mass is 261 g/mol. The number of anilines is 1. The van der Waals surface area contributed by atoms with Gasteiger partial charge in [-0.3, -0.25) is 0 Å². The standard InChI is InChI=1S/C12H18F3N3/c1-11(2,18(3)4)8-17-10-9(12(13,14)15)6-5-7-16-10/h5-7H,8H2,1-4H3,(H,16,17). The zero-order chi connectivity index (χ0) is 14.0. The Kier molecular flexibility index (Phi) is 4.21. The summed E-state index contributed by atoms with van der Waals surface area (Å²) in [5, 5.41) is 2.77. The molecule has 1 rings (SSSR count). The van der Waals surface area contributed by atoms with Crippen LogP contribution in [0.3, 0.4) is 0 Å². The Bertz CT molecular complexity index is 400. The molecule has 3 nitrogen and oxygen atoms in total. The van der Waals surface area contributed by atoms with Crippen LogP contribution in [0.2, 0.25) is 0 Å². The Morgan fingerprint density at radius 3 is 2.39 bits per heavy atom. The van der Waals surface area contributed by atoms with Crippen molar-refractivity contribution in [3.63, 3.8) is 0 Å². The molecule has 1 heterocycles. The second-order valence-electron chi connectivity index (χ2n) is 4.96. The van der Waals surface area contributed by atoms with Crippen LogP contribution in [-0.2, 0) is 6.18 Å². The van der Waals surface area contributed by atoms with Gasteiger partial charge in [-0.2, -0.15) is 13.2 Å². The van der Waals surface area contributed by atoms with Crippen LogP contribution < -0.4 is 5.32 Å². The van der Waals surface area contributed by atoms with Crippen LogP contribution in [0, 0.1) is 0 Å². The number of aromatic nitrogens is 1. The molecule has 18 heavy (non-hydrogen) atoms. The van der Waals surface area contributed by atoms with Crippen LogP contribution in [0.1, 0.15) is 19.4 Å². The van der Waals surface area contributed by atoms with Gasteiger partial charge in [0.25, 0.3) is 0 Å². The smallest absolute Gasteiger partial charge is 0.368 e. The zero-order valence-electron chi connectivity index (χ0n) is 11.0. The molecule has 102 valence electrons. The first-order valence-corrected chi connectivity index (χ1v) is 5.58. The van der Waals surface area contributed by atoms with E-state index in [-0.39, 0.29) is 11.4 Å². The van der Waals surface area contributed by atoms with E-state index in [1.807, 2.05) is 32.8 Å². The number of halogens is 3. The average Bonchev–Trinajstić information content (AvgIpc) is 2.25. The highest BCUT2D eigenvalue weighted by atomic mass is 19.4. The molecule has 0 unspecified atom stereocenters. The summed E-state index contributed by atoms with van der Waals surface area (Å²) in [7, 11) is 3.76. The first kappa shape index (κ1) is 14.8. The zero-order valence-corrected chi connectivity index (χ0v) is 11.0. The fraction of sp³-hybridized carbons (Fsp3) is 0.583. The fourth-order valence-corrected chi connectivity index (χ4v) is 1.23. The van der Waals surface area contributed by atoms with Crippen molar-refractivity contribution in [3.05, 3.63) is 23.9 Å². The van der Waals surface area contributed by atoms with Gasteiger partial charge >= 0.3 is 6.18 Å². The lowest BCUT2D eigenvalue weighted by Crippen LogP contribution is -2.44. The predicted octanol–water partition coefficient (Wildman–Crippen LogP) is 2.85. The molecule has 0 aromatic carbocycles. The van der Waals surface area contributed by atoms with Gasteiger partial charge in [0.1, 0.15) is 5.82 Å². The number of nitrogens with zero attached hydrogens (tertiary/aromatic N) is 2. The van der Waals surface area contributed by atoms with E-state index >= 15 is 0 Å². The van der Waals surface area contributed by atoms with Gasteiger partial charge in [-0.15, -0.1) is 0 Å². The first-order chi connectivity index (χ1) is 8.14. The lowest BCUT2D eigenvalue weighted by atomic mass is 10.0. The summed E-state index contributed by atoms with van der Waals surface area (Å²) in [5.74, 6) is -0.125. The van der Waals surface area contributed by atoms with Gasteiger partial charge in [-0.1, -0.05) is 0 Å². The summed E-state index contributed by atoms with van der Waals surface area (Å²) < 4.78 is 38.2. The maximum Gasteiger partial charge on any atom is 0.419 e. The Hall–Kier alpha value is -1.30. The molecule has 0 saturated carbocycles. The number of pyridine rings is 1. The van der Waals surface area contributed by atoms with E-state index in [4.69, 9.17) is 0 Å². The van der Waals surface area contributed by atoms with Gasteiger partial charge in [-0.25, -0.2) is 4.98 Å². The summed E-state index contributed by atoms with van der Waals surface area (Å²) in [6.07, 6.45) is -3.04. The van der Waals surface area contributed by atoms with Crippen molar-refractivity contribution in [1.29, 1.82) is 0 Å². The van der Waals surface area contributed by atoms with Crippen molar-refractivity contribution in [2.45, 2.75) is 25.6 Å². The van der Waals surface area contributed by atoms with E-state index in [1.165, 1.54) is 12.3 Å². The third-order valence-corrected chi connectivity index (χ3v) is 3.01. The van der Waals surface area contributed by atoms with E-state index in [1.54, 1.807) is 0 Å². The summed E-state index contributed by atoms with van der Waals surface area (Å²) in [4.78, 5) is 5.70. The second kappa shape index (κ2) is 5.14. The van der Waals surface area contributed by atoms with Gasteiger partial charge in [-0.05, 0) is 40.1 Å². The van der Waals surface area contributed by atoms with E-state index in [9.17, 15) is 13.2 Å². The van der Waals surface area contributed by atoms with Crippen LogP contribution >= 0.6 is 0 Å². The van der Waals surface area contributed by atoms with E-state index in [0.717, 1.165) is 6.07 Å². The molecule has 0 spiro atoms. The first-order valence-electron chi connectivity index (χ1n) is 5.58. The van der Waals surface area contributed by atoms with Crippen LogP contribution in [-0.4, -0.2) is 36.1 Å². The minimum absolute atomic E-state index is 0.125. The fourth-order valence-electron chi connectivity index (χ4n) is 1.23. The van der Waals surface area contributed by atoms with Crippen molar-refractivity contribution in [1.82, 2.24) is 9.88 Å². The molecule has 1 aromatic rings. The molecular weight excluding hydrogens is 243 g/mol. The van der Waals surface area contributed by atoms with Crippen molar-refractivity contribution < 1.29 is 13.2 Å². The molecule has 0 aliphatic rings. The third-order valence-electron chi connectivity index (χ3n) is 3.01. The molecule has 0 aliphatic heterocycles. The Morgan fingerprint density at radius 2 is 1.89 bits per heavy atom. The SMILES string of the molecule is CN(C)C(C)(C)CNc1ncccc1C(F)(F)F. The van der Waals surface area contributed by atoms with Gasteiger partial charge in [0.05, 0.1) is 5.56 Å². The van der Waals surface area contributed by atoms with Gasteiger partial charge < -0.3 is 10.2 Å². The average molecular weight is 261 g/mol. The lowest BCUT2D eigenvalue weighted by molar-refractivity contribution is -0.137. The van der Waals surface area contributed by atoms with E-state index in [2.05, 4.69) is 10.3 Å². The van der Waals surface area contributed by atoms with Gasteiger partial charge in [0, 0.05) is 18.3 Å². The van der Waals surface area contributed by atoms with E-state index < -0.39 is 11.7 Å². The van der Waals surface area contributed by atoms with Crippen LogP contribution in [0.5, 0.6) is 0 Å². The predicted molar refractivity (Wildman–Crippen MR) is 65.5 cm³/mol. The molecule has 1 N–H and O–H groups in total. The van der Waals surface area contributed by atoms with Crippen LogP contribution in [0.4, 0.5) is 19.0 Å². The molecule has 6 heteroatoms. The van der Waals surface area contributed by atoms with Crippen LogP contribution in [0.25, 0.3) is 0 Å².